The Morgan fingerprint density at radius 2 is 2.10 bits per heavy atom. The highest BCUT2D eigenvalue weighted by Gasteiger charge is 2.19. The summed E-state index contributed by atoms with van der Waals surface area (Å²) < 4.78 is 0. The fourth-order valence-corrected chi connectivity index (χ4v) is 2.46. The van der Waals surface area contributed by atoms with Crippen LogP contribution in [0.2, 0.25) is 0 Å². The number of carbonyl (C=O) groups is 1. The molecule has 1 aromatic rings. The first-order valence-electron chi connectivity index (χ1n) is 7.24. The zero-order chi connectivity index (χ0) is 14.5. The van der Waals surface area contributed by atoms with Gasteiger partial charge in [-0.05, 0) is 44.0 Å². The second kappa shape index (κ2) is 6.61. The van der Waals surface area contributed by atoms with E-state index in [0.717, 1.165) is 43.7 Å². The summed E-state index contributed by atoms with van der Waals surface area (Å²) in [7, 11) is 0. The summed E-state index contributed by atoms with van der Waals surface area (Å²) in [5.41, 5.74) is 8.28. The van der Waals surface area contributed by atoms with Gasteiger partial charge in [-0.1, -0.05) is 13.0 Å². The van der Waals surface area contributed by atoms with Gasteiger partial charge in [-0.15, -0.1) is 0 Å². The first-order chi connectivity index (χ1) is 9.58. The lowest BCUT2D eigenvalue weighted by atomic mass is 10.1. The molecule has 0 spiro atoms. The van der Waals surface area contributed by atoms with Gasteiger partial charge in [0.05, 0.1) is 0 Å². The Hall–Kier alpha value is -1.75. The zero-order valence-electron chi connectivity index (χ0n) is 12.3. The molecule has 1 aliphatic heterocycles. The number of aryl methyl sites for hydroxylation is 1. The van der Waals surface area contributed by atoms with Crippen LogP contribution in [-0.2, 0) is 0 Å². The molecule has 0 radical (unpaired) electrons. The van der Waals surface area contributed by atoms with Crippen molar-refractivity contribution in [2.24, 2.45) is 0 Å². The molecule has 2 amide bonds. The van der Waals surface area contributed by atoms with Crippen molar-refractivity contribution >= 4 is 17.4 Å². The number of hydrogen-bond donors (Lipinski definition) is 3. The van der Waals surface area contributed by atoms with Gasteiger partial charge in [0.15, 0.2) is 0 Å². The molecule has 0 saturated carbocycles. The van der Waals surface area contributed by atoms with Crippen LogP contribution in [0.3, 0.4) is 0 Å². The maximum absolute atomic E-state index is 12.0. The van der Waals surface area contributed by atoms with E-state index in [-0.39, 0.29) is 12.1 Å². The third kappa shape index (κ3) is 3.87. The van der Waals surface area contributed by atoms with E-state index in [9.17, 15) is 4.79 Å². The molecule has 1 aromatic carbocycles. The third-order valence-electron chi connectivity index (χ3n) is 3.91. The summed E-state index contributed by atoms with van der Waals surface area (Å²) >= 11 is 0. The lowest BCUT2D eigenvalue weighted by molar-refractivity contribution is 0.203. The molecule has 2 rings (SSSR count). The highest BCUT2D eigenvalue weighted by molar-refractivity contribution is 5.90. The minimum atomic E-state index is -0.150. The van der Waals surface area contributed by atoms with Crippen LogP contribution in [0.5, 0.6) is 0 Å². The van der Waals surface area contributed by atoms with Crippen molar-refractivity contribution in [1.29, 1.82) is 0 Å². The van der Waals surface area contributed by atoms with Crippen LogP contribution in [0.15, 0.2) is 18.2 Å². The average molecular weight is 276 g/mol. The van der Waals surface area contributed by atoms with E-state index in [1.807, 2.05) is 19.1 Å². The van der Waals surface area contributed by atoms with Crippen LogP contribution in [0.4, 0.5) is 16.2 Å². The number of nitrogen functional groups attached to an aromatic ring is 1. The van der Waals surface area contributed by atoms with Gasteiger partial charge in [0.1, 0.15) is 0 Å². The molecule has 0 aromatic heterocycles. The van der Waals surface area contributed by atoms with Gasteiger partial charge >= 0.3 is 6.03 Å². The van der Waals surface area contributed by atoms with Crippen molar-refractivity contribution in [2.45, 2.75) is 32.7 Å². The largest absolute Gasteiger partial charge is 0.398 e. The van der Waals surface area contributed by atoms with E-state index in [1.54, 1.807) is 6.07 Å². The van der Waals surface area contributed by atoms with Crippen LogP contribution in [0.1, 0.15) is 25.3 Å². The van der Waals surface area contributed by atoms with Crippen LogP contribution in [0.25, 0.3) is 0 Å². The summed E-state index contributed by atoms with van der Waals surface area (Å²) in [6.45, 7) is 7.31. The van der Waals surface area contributed by atoms with Crippen molar-refractivity contribution in [1.82, 2.24) is 10.2 Å². The average Bonchev–Trinajstić information content (AvgIpc) is 2.44. The fraction of sp³-hybridized carbons (Fsp3) is 0.533. The molecule has 0 unspecified atom stereocenters. The van der Waals surface area contributed by atoms with Crippen molar-refractivity contribution < 1.29 is 4.79 Å². The van der Waals surface area contributed by atoms with E-state index in [4.69, 9.17) is 5.73 Å². The Balaban J connectivity index is 1.82. The highest BCUT2D eigenvalue weighted by atomic mass is 16.2. The molecular formula is C15H24N4O. The van der Waals surface area contributed by atoms with Crippen molar-refractivity contribution in [3.8, 4) is 0 Å². The molecule has 4 N–H and O–H groups in total. The number of nitrogens with one attached hydrogen (secondary N) is 2. The fourth-order valence-electron chi connectivity index (χ4n) is 2.46. The van der Waals surface area contributed by atoms with Crippen LogP contribution < -0.4 is 16.4 Å². The van der Waals surface area contributed by atoms with Gasteiger partial charge < -0.3 is 21.3 Å². The number of likely N-dealkylation sites (tertiary alicyclic amines) is 1. The molecule has 1 saturated heterocycles. The molecule has 0 atom stereocenters. The minimum absolute atomic E-state index is 0.150. The molecule has 20 heavy (non-hydrogen) atoms. The van der Waals surface area contributed by atoms with Gasteiger partial charge in [-0.25, -0.2) is 4.79 Å². The van der Waals surface area contributed by atoms with Gasteiger partial charge in [-0.3, -0.25) is 0 Å². The molecule has 1 heterocycles. The van der Waals surface area contributed by atoms with Gasteiger partial charge in [-0.2, -0.15) is 0 Å². The lowest BCUT2D eigenvalue weighted by Crippen LogP contribution is -2.45. The lowest BCUT2D eigenvalue weighted by Gasteiger charge is -2.31. The molecule has 1 aliphatic rings. The summed E-state index contributed by atoms with van der Waals surface area (Å²) in [6.07, 6.45) is 2.02. The number of piperidine rings is 1. The predicted octanol–water partition coefficient (Wildman–Crippen LogP) is 2.18. The molecule has 5 nitrogen and oxygen atoms in total. The van der Waals surface area contributed by atoms with E-state index >= 15 is 0 Å². The molecule has 1 fully saturated rings. The van der Waals surface area contributed by atoms with E-state index in [0.29, 0.717) is 5.69 Å². The summed E-state index contributed by atoms with van der Waals surface area (Å²) in [5.74, 6) is 0. The van der Waals surface area contributed by atoms with Crippen LogP contribution in [-0.4, -0.2) is 36.6 Å². The van der Waals surface area contributed by atoms with E-state index in [1.165, 1.54) is 0 Å². The second-order valence-electron chi connectivity index (χ2n) is 5.38. The van der Waals surface area contributed by atoms with Crippen LogP contribution in [0, 0.1) is 6.92 Å². The Morgan fingerprint density at radius 3 is 2.70 bits per heavy atom. The van der Waals surface area contributed by atoms with Crippen molar-refractivity contribution in [2.75, 3.05) is 30.7 Å². The second-order valence-corrected chi connectivity index (χ2v) is 5.38. The monoisotopic (exact) mass is 276 g/mol. The number of nitrogens with two attached hydrogens (primary N) is 1. The number of carbonyl (C=O) groups excluding carboxylic acids is 1. The Labute approximate surface area is 120 Å². The topological polar surface area (TPSA) is 70.4 Å². The first kappa shape index (κ1) is 14.7. The standard InChI is InChI=1S/C15H24N4O/c1-3-19-8-6-12(7-9-19)17-15(20)18-13-5-4-11(2)14(16)10-13/h4-5,10,12H,3,6-9,16H2,1-2H3,(H2,17,18,20). The summed E-state index contributed by atoms with van der Waals surface area (Å²) in [4.78, 5) is 14.4. The molecule has 0 aliphatic carbocycles. The number of nitrogens with zero attached hydrogens (tertiary/aromatic N) is 1. The highest BCUT2D eigenvalue weighted by Crippen LogP contribution is 2.17. The summed E-state index contributed by atoms with van der Waals surface area (Å²) in [6, 6.07) is 5.67. The smallest absolute Gasteiger partial charge is 0.319 e. The number of benzene rings is 1. The van der Waals surface area contributed by atoms with E-state index in [2.05, 4.69) is 22.5 Å². The molecule has 110 valence electrons. The zero-order valence-corrected chi connectivity index (χ0v) is 12.3. The predicted molar refractivity (Wildman–Crippen MR) is 82.9 cm³/mol. The Morgan fingerprint density at radius 1 is 1.40 bits per heavy atom. The van der Waals surface area contributed by atoms with Crippen LogP contribution >= 0.6 is 0 Å². The third-order valence-corrected chi connectivity index (χ3v) is 3.91. The number of rotatable bonds is 3. The van der Waals surface area contributed by atoms with Gasteiger partial charge in [0.25, 0.3) is 0 Å². The Bertz CT molecular complexity index is 467. The SMILES string of the molecule is CCN1CCC(NC(=O)Nc2ccc(C)c(N)c2)CC1. The minimum Gasteiger partial charge on any atom is -0.398 e. The normalized spacial score (nSPS) is 16.9. The number of amides is 2. The maximum Gasteiger partial charge on any atom is 0.319 e. The maximum atomic E-state index is 12.0. The van der Waals surface area contributed by atoms with Gasteiger partial charge in [0, 0.05) is 30.5 Å². The number of anilines is 2. The number of urea groups is 1. The Kier molecular flexibility index (Phi) is 4.84. The first-order valence-corrected chi connectivity index (χ1v) is 7.24. The van der Waals surface area contributed by atoms with Crippen molar-refractivity contribution in [3.05, 3.63) is 23.8 Å². The molecular weight excluding hydrogens is 252 g/mol. The van der Waals surface area contributed by atoms with Crippen molar-refractivity contribution in [3.63, 3.8) is 0 Å². The molecule has 0 bridgehead atoms. The van der Waals surface area contributed by atoms with E-state index < -0.39 is 0 Å². The summed E-state index contributed by atoms with van der Waals surface area (Å²) in [5, 5.41) is 5.87. The molecule has 5 heteroatoms. The quantitative estimate of drug-likeness (QED) is 0.741. The number of hydrogen-bond acceptors (Lipinski definition) is 3. The van der Waals surface area contributed by atoms with Gasteiger partial charge in [0.2, 0.25) is 0 Å².